The third-order valence-electron chi connectivity index (χ3n) is 3.78. The summed E-state index contributed by atoms with van der Waals surface area (Å²) in [7, 11) is 0. The fourth-order valence-corrected chi connectivity index (χ4v) is 3.82. The van der Waals surface area contributed by atoms with Crippen LogP contribution >= 0.6 is 23.4 Å². The predicted octanol–water partition coefficient (Wildman–Crippen LogP) is 3.15. The van der Waals surface area contributed by atoms with E-state index < -0.39 is 0 Å². The highest BCUT2D eigenvalue weighted by atomic mass is 35.5. The van der Waals surface area contributed by atoms with Crippen LogP contribution in [0.15, 0.2) is 26.1 Å². The van der Waals surface area contributed by atoms with Crippen LogP contribution in [-0.4, -0.2) is 42.4 Å². The number of hydrogen-bond donors (Lipinski definition) is 3. The molecule has 0 radical (unpaired) electrons. The molecule has 0 aromatic carbocycles. The van der Waals surface area contributed by atoms with Crippen LogP contribution in [0.5, 0.6) is 0 Å². The molecule has 1 fully saturated rings. The highest BCUT2D eigenvalue weighted by Gasteiger charge is 2.29. The molecule has 3 atom stereocenters. The maximum Gasteiger partial charge on any atom is 0.169 e. The zero-order valence-electron chi connectivity index (χ0n) is 13.6. The van der Waals surface area contributed by atoms with Gasteiger partial charge in [-0.05, 0) is 31.4 Å². The number of hydrogen-bond acceptors (Lipinski definition) is 9. The summed E-state index contributed by atoms with van der Waals surface area (Å²) in [6.07, 6.45) is 3.84. The summed E-state index contributed by atoms with van der Waals surface area (Å²) in [6.45, 7) is 2.66. The van der Waals surface area contributed by atoms with Gasteiger partial charge in [0.15, 0.2) is 17.0 Å². The summed E-state index contributed by atoms with van der Waals surface area (Å²) in [5.74, 6) is 1.53. The molecule has 2 aliphatic rings. The Labute approximate surface area is 150 Å². The van der Waals surface area contributed by atoms with Crippen molar-refractivity contribution >= 4 is 29.2 Å². The number of halogens is 1. The van der Waals surface area contributed by atoms with Gasteiger partial charge in [-0.2, -0.15) is 10.0 Å². The summed E-state index contributed by atoms with van der Waals surface area (Å²) in [5, 5.41) is 13.0. The average molecular weight is 375 g/mol. The molecule has 0 spiro atoms. The highest BCUT2D eigenvalue weighted by Crippen LogP contribution is 2.26. The van der Waals surface area contributed by atoms with Gasteiger partial charge in [-0.3, -0.25) is 0 Å². The zero-order valence-corrected chi connectivity index (χ0v) is 15.2. The predicted molar refractivity (Wildman–Crippen MR) is 96.3 cm³/mol. The molecule has 10 heteroatoms. The molecule has 0 aromatic rings. The Morgan fingerprint density at radius 1 is 1.54 bits per heavy atom. The van der Waals surface area contributed by atoms with Crippen LogP contribution in [0.4, 0.5) is 0 Å². The Morgan fingerprint density at radius 3 is 3.08 bits per heavy atom. The summed E-state index contributed by atoms with van der Waals surface area (Å²) in [4.78, 5) is 14.7. The Kier molecular flexibility index (Phi) is 7.93. The standard InChI is InChI=1S/C14H23ClN6O2S/c1-2-7-24-14-19-12(15)11(21-16)13(20-14)18-9-3-4-10(8-9)23-6-5-17-22/h9-10,14,16,19H,2-8H2,1H3,(H,18,20)/t9-,10+,14?/m0/s1. The van der Waals surface area contributed by atoms with Crippen molar-refractivity contribution in [3.05, 3.63) is 15.8 Å². The first-order chi connectivity index (χ1) is 11.7. The van der Waals surface area contributed by atoms with Crippen molar-refractivity contribution in [3.63, 3.8) is 0 Å². The first-order valence-corrected chi connectivity index (χ1v) is 9.51. The summed E-state index contributed by atoms with van der Waals surface area (Å²) < 4.78 is 5.62. The Hall–Kier alpha value is -1.19. The third kappa shape index (κ3) is 5.42. The van der Waals surface area contributed by atoms with E-state index in [-0.39, 0.29) is 24.2 Å². The first kappa shape index (κ1) is 19.1. The van der Waals surface area contributed by atoms with Crippen LogP contribution in [0.2, 0.25) is 0 Å². The minimum atomic E-state index is -0.169. The van der Waals surface area contributed by atoms with E-state index in [0.717, 1.165) is 31.4 Å². The van der Waals surface area contributed by atoms with Gasteiger partial charge in [-0.15, -0.1) is 11.8 Å². The minimum Gasteiger partial charge on any atom is -0.376 e. The smallest absolute Gasteiger partial charge is 0.169 e. The van der Waals surface area contributed by atoms with E-state index >= 15 is 0 Å². The van der Waals surface area contributed by atoms with Gasteiger partial charge in [-0.25, -0.2) is 10.5 Å². The maximum absolute atomic E-state index is 10.1. The molecule has 3 N–H and O–H groups in total. The monoisotopic (exact) mass is 374 g/mol. The number of nitroso groups, excluding NO2 is 1. The second-order valence-corrected chi connectivity index (χ2v) is 7.19. The molecule has 1 heterocycles. The fourth-order valence-electron chi connectivity index (χ4n) is 2.68. The zero-order chi connectivity index (χ0) is 17.4. The van der Waals surface area contributed by atoms with Crippen molar-refractivity contribution in [2.75, 3.05) is 18.9 Å². The molecular formula is C14H23ClN6O2S. The van der Waals surface area contributed by atoms with Crippen molar-refractivity contribution in [2.45, 2.75) is 50.3 Å². The van der Waals surface area contributed by atoms with Crippen molar-refractivity contribution in [2.24, 2.45) is 15.3 Å². The molecule has 1 saturated carbocycles. The van der Waals surface area contributed by atoms with E-state index in [2.05, 4.69) is 32.8 Å². The Morgan fingerprint density at radius 2 is 2.38 bits per heavy atom. The van der Waals surface area contributed by atoms with E-state index in [1.807, 2.05) is 0 Å². The number of thioether (sulfide) groups is 1. The molecule has 0 saturated heterocycles. The molecule has 0 bridgehead atoms. The summed E-state index contributed by atoms with van der Waals surface area (Å²) in [5.41, 5.74) is 7.50. The molecular weight excluding hydrogens is 352 g/mol. The maximum atomic E-state index is 10.1. The van der Waals surface area contributed by atoms with Gasteiger partial charge in [-0.1, -0.05) is 23.7 Å². The molecule has 24 heavy (non-hydrogen) atoms. The average Bonchev–Trinajstić information content (AvgIpc) is 3.00. The van der Waals surface area contributed by atoms with Crippen LogP contribution in [0.3, 0.4) is 0 Å². The molecule has 8 nitrogen and oxygen atoms in total. The van der Waals surface area contributed by atoms with E-state index in [4.69, 9.17) is 21.9 Å². The van der Waals surface area contributed by atoms with Gasteiger partial charge in [0.1, 0.15) is 11.7 Å². The van der Waals surface area contributed by atoms with Gasteiger partial charge in [0.2, 0.25) is 0 Å². The number of nitrogens with zero attached hydrogens (tertiary/aromatic N) is 3. The Balaban J connectivity index is 1.94. The first-order valence-electron chi connectivity index (χ1n) is 8.08. The topological polar surface area (TPSA) is 111 Å². The van der Waals surface area contributed by atoms with Gasteiger partial charge >= 0.3 is 0 Å². The minimum absolute atomic E-state index is 0.118. The lowest BCUT2D eigenvalue weighted by Gasteiger charge is -2.25. The third-order valence-corrected chi connectivity index (χ3v) is 5.25. The van der Waals surface area contributed by atoms with E-state index in [0.29, 0.717) is 23.3 Å². The fraction of sp³-hybridized carbons (Fsp3) is 0.786. The molecule has 0 amide bonds. The quantitative estimate of drug-likeness (QED) is 0.248. The molecule has 0 aromatic heterocycles. The van der Waals surface area contributed by atoms with Gasteiger partial charge < -0.3 is 15.4 Å². The van der Waals surface area contributed by atoms with E-state index in [1.54, 1.807) is 11.8 Å². The van der Waals surface area contributed by atoms with Gasteiger partial charge in [0.25, 0.3) is 0 Å². The van der Waals surface area contributed by atoms with Crippen LogP contribution in [-0.2, 0) is 4.74 Å². The lowest BCUT2D eigenvalue weighted by atomic mass is 10.2. The van der Waals surface area contributed by atoms with Gasteiger partial charge in [0, 0.05) is 6.04 Å². The van der Waals surface area contributed by atoms with Crippen molar-refractivity contribution in [1.82, 2.24) is 10.6 Å². The number of amidine groups is 1. The highest BCUT2D eigenvalue weighted by molar-refractivity contribution is 7.99. The normalized spacial score (nSPS) is 26.8. The van der Waals surface area contributed by atoms with Crippen molar-refractivity contribution < 1.29 is 4.74 Å². The lowest BCUT2D eigenvalue weighted by Crippen LogP contribution is -2.40. The Bertz CT molecular complexity index is 515. The van der Waals surface area contributed by atoms with E-state index in [9.17, 15) is 4.91 Å². The number of ether oxygens (including phenoxy) is 1. The van der Waals surface area contributed by atoms with Crippen LogP contribution in [0, 0.1) is 10.4 Å². The van der Waals surface area contributed by atoms with Crippen molar-refractivity contribution in [1.29, 1.82) is 5.53 Å². The molecule has 1 unspecified atom stereocenters. The van der Waals surface area contributed by atoms with Crippen LogP contribution in [0.25, 0.3) is 0 Å². The number of nitrogens with one attached hydrogen (secondary N) is 3. The van der Waals surface area contributed by atoms with Crippen LogP contribution in [0.1, 0.15) is 32.6 Å². The molecule has 2 rings (SSSR count). The number of aliphatic imine (C=N–C) groups is 1. The molecule has 1 aliphatic heterocycles. The summed E-state index contributed by atoms with van der Waals surface area (Å²) in [6, 6.07) is 0.189. The van der Waals surface area contributed by atoms with E-state index in [1.165, 1.54) is 0 Å². The lowest BCUT2D eigenvalue weighted by molar-refractivity contribution is 0.0629. The van der Waals surface area contributed by atoms with Crippen LogP contribution < -0.4 is 10.6 Å². The summed E-state index contributed by atoms with van der Waals surface area (Å²) >= 11 is 7.87. The van der Waals surface area contributed by atoms with Crippen molar-refractivity contribution in [3.8, 4) is 0 Å². The second kappa shape index (κ2) is 9.95. The molecule has 1 aliphatic carbocycles. The SMILES string of the molecule is CCCSC1N=C(N[C@H]2CC[C@@H](OCCN=O)C2)C(N=N)=C(Cl)N1. The largest absolute Gasteiger partial charge is 0.376 e. The van der Waals surface area contributed by atoms with Gasteiger partial charge in [0.05, 0.1) is 12.7 Å². The second-order valence-electron chi connectivity index (χ2n) is 5.62. The number of rotatable bonds is 9. The molecule has 134 valence electrons.